The Bertz CT molecular complexity index is 738. The maximum atomic E-state index is 12.0. The van der Waals surface area contributed by atoms with Gasteiger partial charge in [0.05, 0.1) is 5.75 Å². The molecule has 0 atom stereocenters. The average Bonchev–Trinajstić information content (AvgIpc) is 2.45. The summed E-state index contributed by atoms with van der Waals surface area (Å²) in [5.74, 6) is 0.721. The number of ether oxygens (including phenoxy) is 1. The van der Waals surface area contributed by atoms with Crippen LogP contribution in [0.3, 0.4) is 0 Å². The predicted molar refractivity (Wildman–Crippen MR) is 96.2 cm³/mol. The zero-order valence-electron chi connectivity index (χ0n) is 13.2. The number of aryl methyl sites for hydroxylation is 2. The highest BCUT2D eigenvalue weighted by atomic mass is 79.9. The molecule has 4 nitrogen and oxygen atoms in total. The monoisotopic (exact) mass is 397 g/mol. The van der Waals surface area contributed by atoms with Crippen LogP contribution in [0, 0.1) is 13.8 Å². The van der Waals surface area contributed by atoms with Crippen LogP contribution < -0.4 is 9.46 Å². The highest BCUT2D eigenvalue weighted by Crippen LogP contribution is 2.16. The Morgan fingerprint density at radius 1 is 1.04 bits per heavy atom. The van der Waals surface area contributed by atoms with E-state index in [0.29, 0.717) is 6.61 Å². The third-order valence-corrected chi connectivity index (χ3v) is 5.04. The van der Waals surface area contributed by atoms with Crippen LogP contribution in [-0.2, 0) is 15.8 Å². The molecule has 0 heterocycles. The summed E-state index contributed by atoms with van der Waals surface area (Å²) in [5.41, 5.74) is 2.99. The van der Waals surface area contributed by atoms with Crippen LogP contribution in [0.25, 0.3) is 0 Å². The van der Waals surface area contributed by atoms with Gasteiger partial charge in [0.25, 0.3) is 0 Å². The molecule has 0 saturated heterocycles. The van der Waals surface area contributed by atoms with Gasteiger partial charge in [-0.05, 0) is 54.8 Å². The van der Waals surface area contributed by atoms with E-state index in [1.54, 1.807) is 12.1 Å². The van der Waals surface area contributed by atoms with Crippen molar-refractivity contribution in [2.45, 2.75) is 19.6 Å². The Morgan fingerprint density at radius 3 is 2.26 bits per heavy atom. The van der Waals surface area contributed by atoms with Gasteiger partial charge in [-0.25, -0.2) is 13.1 Å². The predicted octanol–water partition coefficient (Wildman–Crippen LogP) is 3.56. The normalized spacial score (nSPS) is 11.4. The van der Waals surface area contributed by atoms with Gasteiger partial charge in [-0.3, -0.25) is 0 Å². The van der Waals surface area contributed by atoms with Crippen molar-refractivity contribution in [1.29, 1.82) is 0 Å². The third kappa shape index (κ3) is 6.33. The number of hydrogen-bond donors (Lipinski definition) is 1. The van der Waals surface area contributed by atoms with Crippen molar-refractivity contribution in [2.24, 2.45) is 0 Å². The van der Waals surface area contributed by atoms with E-state index in [2.05, 4.69) is 26.7 Å². The second kappa shape index (κ2) is 7.95. The van der Waals surface area contributed by atoms with E-state index in [0.717, 1.165) is 26.9 Å². The molecular weight excluding hydrogens is 378 g/mol. The lowest BCUT2D eigenvalue weighted by Gasteiger charge is -2.10. The van der Waals surface area contributed by atoms with Crippen molar-refractivity contribution < 1.29 is 13.2 Å². The van der Waals surface area contributed by atoms with Crippen LogP contribution >= 0.6 is 15.9 Å². The molecule has 0 fully saturated rings. The van der Waals surface area contributed by atoms with Crippen molar-refractivity contribution in [3.05, 3.63) is 63.6 Å². The number of benzene rings is 2. The molecule has 0 aliphatic heterocycles. The molecule has 0 bridgehead atoms. The van der Waals surface area contributed by atoms with Gasteiger partial charge >= 0.3 is 0 Å². The van der Waals surface area contributed by atoms with E-state index in [4.69, 9.17) is 4.74 Å². The lowest BCUT2D eigenvalue weighted by Crippen LogP contribution is -2.29. The summed E-state index contributed by atoms with van der Waals surface area (Å²) in [6.07, 6.45) is 0. The first-order valence-corrected chi connectivity index (χ1v) is 9.71. The summed E-state index contributed by atoms with van der Waals surface area (Å²) >= 11 is 3.33. The van der Waals surface area contributed by atoms with Gasteiger partial charge in [0.1, 0.15) is 12.4 Å². The van der Waals surface area contributed by atoms with E-state index in [1.165, 1.54) is 0 Å². The highest BCUT2D eigenvalue weighted by molar-refractivity contribution is 9.10. The molecule has 6 heteroatoms. The van der Waals surface area contributed by atoms with E-state index in [1.807, 2.05) is 38.1 Å². The van der Waals surface area contributed by atoms with Crippen LogP contribution in [0.4, 0.5) is 0 Å². The molecule has 1 N–H and O–H groups in total. The summed E-state index contributed by atoms with van der Waals surface area (Å²) in [6.45, 7) is 4.54. The number of halogens is 1. The molecule has 0 saturated carbocycles. The Morgan fingerprint density at radius 2 is 1.65 bits per heavy atom. The molecule has 0 amide bonds. The van der Waals surface area contributed by atoms with Gasteiger partial charge < -0.3 is 4.74 Å². The summed E-state index contributed by atoms with van der Waals surface area (Å²) in [6, 6.07) is 13.2. The van der Waals surface area contributed by atoms with Crippen LogP contribution in [-0.4, -0.2) is 21.6 Å². The Hall–Kier alpha value is -1.37. The fraction of sp³-hybridized carbons (Fsp3) is 0.294. The Labute approximate surface area is 146 Å². The first-order chi connectivity index (χ1) is 10.8. The smallest absolute Gasteiger partial charge is 0.215 e. The summed E-state index contributed by atoms with van der Waals surface area (Å²) in [4.78, 5) is 0. The Balaban J connectivity index is 1.81. The second-order valence-corrected chi connectivity index (χ2v) is 8.17. The van der Waals surface area contributed by atoms with Gasteiger partial charge in [-0.15, -0.1) is 0 Å². The van der Waals surface area contributed by atoms with E-state index < -0.39 is 10.0 Å². The standard InChI is InChI=1S/C17H20BrNO3S/c1-13-9-14(2)11-17(10-13)22-8-7-19-23(20,21)12-15-3-5-16(18)6-4-15/h3-6,9-11,19H,7-8,12H2,1-2H3. The van der Waals surface area contributed by atoms with Gasteiger partial charge in [0, 0.05) is 11.0 Å². The number of sulfonamides is 1. The van der Waals surface area contributed by atoms with Crippen molar-refractivity contribution in [3.8, 4) is 5.75 Å². The fourth-order valence-electron chi connectivity index (χ4n) is 2.23. The maximum absolute atomic E-state index is 12.0. The van der Waals surface area contributed by atoms with E-state index in [9.17, 15) is 8.42 Å². The minimum atomic E-state index is -3.36. The minimum absolute atomic E-state index is 0.0379. The SMILES string of the molecule is Cc1cc(C)cc(OCCNS(=O)(=O)Cc2ccc(Br)cc2)c1. The van der Waals surface area contributed by atoms with Crippen LogP contribution in [0.5, 0.6) is 5.75 Å². The molecule has 0 spiro atoms. The zero-order valence-corrected chi connectivity index (χ0v) is 15.6. The molecular formula is C17H20BrNO3S. The van der Waals surface area contributed by atoms with Crippen molar-refractivity contribution in [2.75, 3.05) is 13.2 Å². The summed E-state index contributed by atoms with van der Waals surface area (Å²) < 4.78 is 33.1. The molecule has 124 valence electrons. The molecule has 0 aliphatic rings. The first-order valence-electron chi connectivity index (χ1n) is 7.27. The topological polar surface area (TPSA) is 55.4 Å². The lowest BCUT2D eigenvalue weighted by atomic mass is 10.1. The fourth-order valence-corrected chi connectivity index (χ4v) is 3.63. The van der Waals surface area contributed by atoms with Gasteiger partial charge in [0.2, 0.25) is 10.0 Å². The van der Waals surface area contributed by atoms with Crippen LogP contribution in [0.1, 0.15) is 16.7 Å². The number of nitrogens with one attached hydrogen (secondary N) is 1. The summed E-state index contributed by atoms with van der Waals surface area (Å²) in [7, 11) is -3.36. The molecule has 0 aromatic heterocycles. The van der Waals surface area contributed by atoms with Crippen LogP contribution in [0.2, 0.25) is 0 Å². The molecule has 2 aromatic rings. The molecule has 0 unspecified atom stereocenters. The first kappa shape index (κ1) is 18.0. The molecule has 23 heavy (non-hydrogen) atoms. The van der Waals surface area contributed by atoms with Gasteiger partial charge in [-0.2, -0.15) is 0 Å². The van der Waals surface area contributed by atoms with Crippen molar-refractivity contribution in [3.63, 3.8) is 0 Å². The number of hydrogen-bond acceptors (Lipinski definition) is 3. The van der Waals surface area contributed by atoms with Crippen LogP contribution in [0.15, 0.2) is 46.9 Å². The molecule has 0 aliphatic carbocycles. The van der Waals surface area contributed by atoms with Crippen molar-refractivity contribution in [1.82, 2.24) is 4.72 Å². The van der Waals surface area contributed by atoms with Gasteiger partial charge in [-0.1, -0.05) is 34.1 Å². The molecule has 0 radical (unpaired) electrons. The minimum Gasteiger partial charge on any atom is -0.492 e. The van der Waals surface area contributed by atoms with Gasteiger partial charge in [0.15, 0.2) is 0 Å². The number of rotatable bonds is 7. The third-order valence-electron chi connectivity index (χ3n) is 3.16. The highest BCUT2D eigenvalue weighted by Gasteiger charge is 2.11. The molecule has 2 aromatic carbocycles. The van der Waals surface area contributed by atoms with Crippen molar-refractivity contribution >= 4 is 26.0 Å². The second-order valence-electron chi connectivity index (χ2n) is 5.45. The molecule has 2 rings (SSSR count). The zero-order chi connectivity index (χ0) is 16.9. The average molecular weight is 398 g/mol. The Kier molecular flexibility index (Phi) is 6.21. The van der Waals surface area contributed by atoms with E-state index in [-0.39, 0.29) is 12.3 Å². The van der Waals surface area contributed by atoms with E-state index >= 15 is 0 Å². The summed E-state index contributed by atoms with van der Waals surface area (Å²) in [5, 5.41) is 0. The largest absolute Gasteiger partial charge is 0.492 e. The lowest BCUT2D eigenvalue weighted by molar-refractivity contribution is 0.322. The quantitative estimate of drug-likeness (QED) is 0.726. The maximum Gasteiger partial charge on any atom is 0.215 e.